The van der Waals surface area contributed by atoms with Crippen molar-refractivity contribution in [2.45, 2.75) is 4.21 Å². The molecule has 0 aliphatic rings. The molecule has 0 fully saturated rings. The van der Waals surface area contributed by atoms with E-state index in [1.807, 2.05) is 0 Å². The molecular weight excluding hydrogens is 314 g/mol. The molecule has 0 bridgehead atoms. The molecule has 9 heteroatoms. The molecule has 1 heterocycles. The largest absolute Gasteiger partial charge is 0.366 e. The fraction of sp³-hybridized carbons (Fsp3) is 0. The van der Waals surface area contributed by atoms with Gasteiger partial charge in [0, 0.05) is 16.6 Å². The van der Waals surface area contributed by atoms with E-state index in [9.17, 15) is 18.0 Å². The number of amides is 2. The molecule has 2 aromatic rings. The molecule has 1 aromatic carbocycles. The van der Waals surface area contributed by atoms with Crippen LogP contribution in [0.3, 0.4) is 0 Å². The third kappa shape index (κ3) is 3.66. The van der Waals surface area contributed by atoms with E-state index in [2.05, 4.69) is 5.32 Å². The molecule has 5 N–H and O–H groups in total. The maximum atomic E-state index is 11.9. The quantitative estimate of drug-likeness (QED) is 0.765. The van der Waals surface area contributed by atoms with Crippen LogP contribution in [0.25, 0.3) is 0 Å². The first-order valence-corrected chi connectivity index (χ1v) is 8.02. The SMILES string of the molecule is NC(=O)c1ccc(NC(=O)c2csc(S(N)(=O)=O)c2)cc1. The summed E-state index contributed by atoms with van der Waals surface area (Å²) in [6.45, 7) is 0. The second kappa shape index (κ2) is 5.64. The number of carbonyl (C=O) groups excluding carboxylic acids is 2. The topological polar surface area (TPSA) is 132 Å². The van der Waals surface area contributed by atoms with Crippen molar-refractivity contribution in [2.24, 2.45) is 10.9 Å². The van der Waals surface area contributed by atoms with Gasteiger partial charge in [-0.25, -0.2) is 13.6 Å². The maximum absolute atomic E-state index is 11.9. The van der Waals surface area contributed by atoms with Gasteiger partial charge >= 0.3 is 0 Å². The minimum absolute atomic E-state index is 0.0864. The average Bonchev–Trinajstić information content (AvgIpc) is 2.88. The van der Waals surface area contributed by atoms with E-state index in [0.717, 1.165) is 11.3 Å². The molecule has 0 aliphatic heterocycles. The first-order chi connectivity index (χ1) is 9.77. The number of anilines is 1. The predicted octanol–water partition coefficient (Wildman–Crippen LogP) is 0.747. The normalized spacial score (nSPS) is 11.1. The van der Waals surface area contributed by atoms with Gasteiger partial charge < -0.3 is 11.1 Å². The lowest BCUT2D eigenvalue weighted by molar-refractivity contribution is 0.0998. The second-order valence-electron chi connectivity index (χ2n) is 4.10. The number of carbonyl (C=O) groups is 2. The molecule has 0 saturated carbocycles. The zero-order valence-electron chi connectivity index (χ0n) is 10.6. The number of nitrogens with two attached hydrogens (primary N) is 2. The van der Waals surface area contributed by atoms with E-state index in [1.54, 1.807) is 0 Å². The highest BCUT2D eigenvalue weighted by Crippen LogP contribution is 2.20. The van der Waals surface area contributed by atoms with Crippen LogP contribution in [0.4, 0.5) is 5.69 Å². The van der Waals surface area contributed by atoms with Crippen LogP contribution in [0, 0.1) is 0 Å². The Morgan fingerprint density at radius 3 is 2.19 bits per heavy atom. The van der Waals surface area contributed by atoms with Crippen LogP contribution in [0.2, 0.25) is 0 Å². The molecule has 0 atom stereocenters. The highest BCUT2D eigenvalue weighted by atomic mass is 32.2. The van der Waals surface area contributed by atoms with Crippen LogP contribution in [0.15, 0.2) is 39.9 Å². The van der Waals surface area contributed by atoms with Gasteiger partial charge in [-0.2, -0.15) is 0 Å². The molecule has 21 heavy (non-hydrogen) atoms. The Morgan fingerprint density at radius 1 is 1.10 bits per heavy atom. The van der Waals surface area contributed by atoms with Gasteiger partial charge in [-0.15, -0.1) is 11.3 Å². The molecule has 2 amide bonds. The molecule has 0 saturated heterocycles. The Labute approximate surface area is 124 Å². The lowest BCUT2D eigenvalue weighted by atomic mass is 10.2. The molecule has 7 nitrogen and oxygen atoms in total. The zero-order chi connectivity index (χ0) is 15.6. The first-order valence-electron chi connectivity index (χ1n) is 5.60. The van der Waals surface area contributed by atoms with Gasteiger partial charge in [0.15, 0.2) is 0 Å². The van der Waals surface area contributed by atoms with Crippen LogP contribution in [-0.4, -0.2) is 20.2 Å². The third-order valence-electron chi connectivity index (χ3n) is 2.55. The minimum atomic E-state index is -3.82. The molecule has 0 radical (unpaired) electrons. The van der Waals surface area contributed by atoms with E-state index in [0.29, 0.717) is 11.3 Å². The summed E-state index contributed by atoms with van der Waals surface area (Å²) in [5, 5.41) is 8.94. The van der Waals surface area contributed by atoms with Crippen molar-refractivity contribution in [2.75, 3.05) is 5.32 Å². The molecule has 2 rings (SSSR count). The summed E-state index contributed by atoms with van der Waals surface area (Å²) in [5.74, 6) is -1.04. The van der Waals surface area contributed by atoms with E-state index in [1.165, 1.54) is 35.7 Å². The van der Waals surface area contributed by atoms with Gasteiger partial charge in [0.25, 0.3) is 5.91 Å². The summed E-state index contributed by atoms with van der Waals surface area (Å²) in [4.78, 5) is 22.9. The zero-order valence-corrected chi connectivity index (χ0v) is 12.2. The molecule has 1 aromatic heterocycles. The van der Waals surface area contributed by atoms with Crippen molar-refractivity contribution in [1.29, 1.82) is 0 Å². The van der Waals surface area contributed by atoms with E-state index in [4.69, 9.17) is 10.9 Å². The first kappa shape index (κ1) is 15.2. The highest BCUT2D eigenvalue weighted by Gasteiger charge is 2.15. The van der Waals surface area contributed by atoms with Gasteiger partial charge in [0.2, 0.25) is 15.9 Å². The summed E-state index contributed by atoms with van der Waals surface area (Å²) in [6.07, 6.45) is 0. The summed E-state index contributed by atoms with van der Waals surface area (Å²) >= 11 is 0.867. The predicted molar refractivity (Wildman–Crippen MR) is 78.6 cm³/mol. The standard InChI is InChI=1S/C12H11N3O4S2/c13-11(16)7-1-3-9(4-2-7)15-12(17)8-5-10(20-6-8)21(14,18)19/h1-6H,(H2,13,16)(H,15,17)(H2,14,18,19). The number of thiophene rings is 1. The Kier molecular flexibility index (Phi) is 4.07. The molecule has 0 spiro atoms. The number of hydrogen-bond acceptors (Lipinski definition) is 5. The number of benzene rings is 1. The van der Waals surface area contributed by atoms with Crippen molar-refractivity contribution < 1.29 is 18.0 Å². The fourth-order valence-corrected chi connectivity index (χ4v) is 3.09. The van der Waals surface area contributed by atoms with E-state index in [-0.39, 0.29) is 9.77 Å². The number of nitrogens with one attached hydrogen (secondary N) is 1. The Balaban J connectivity index is 2.14. The Morgan fingerprint density at radius 2 is 1.71 bits per heavy atom. The van der Waals surface area contributed by atoms with E-state index >= 15 is 0 Å². The summed E-state index contributed by atoms with van der Waals surface area (Å²) < 4.78 is 22.2. The molecule has 110 valence electrons. The fourth-order valence-electron chi connectivity index (χ4n) is 1.51. The van der Waals surface area contributed by atoms with Crippen molar-refractivity contribution in [3.05, 3.63) is 46.8 Å². The van der Waals surface area contributed by atoms with Crippen LogP contribution in [0.1, 0.15) is 20.7 Å². The molecule has 0 unspecified atom stereocenters. The van der Waals surface area contributed by atoms with Gasteiger partial charge in [0.1, 0.15) is 4.21 Å². The number of primary sulfonamides is 1. The van der Waals surface area contributed by atoms with Gasteiger partial charge in [-0.1, -0.05) is 0 Å². The number of primary amides is 1. The molecule has 0 aliphatic carbocycles. The average molecular weight is 325 g/mol. The van der Waals surface area contributed by atoms with Crippen LogP contribution >= 0.6 is 11.3 Å². The number of hydrogen-bond donors (Lipinski definition) is 3. The molecular formula is C12H11N3O4S2. The second-order valence-corrected chi connectivity index (χ2v) is 6.79. The van der Waals surface area contributed by atoms with Gasteiger partial charge in [0.05, 0.1) is 5.56 Å². The van der Waals surface area contributed by atoms with Crippen molar-refractivity contribution >= 4 is 38.9 Å². The van der Waals surface area contributed by atoms with Gasteiger partial charge in [-0.3, -0.25) is 9.59 Å². The third-order valence-corrected chi connectivity index (χ3v) is 4.93. The summed E-state index contributed by atoms with van der Waals surface area (Å²) in [7, 11) is -3.82. The number of rotatable bonds is 4. The van der Waals surface area contributed by atoms with Crippen LogP contribution in [0.5, 0.6) is 0 Å². The smallest absolute Gasteiger partial charge is 0.256 e. The minimum Gasteiger partial charge on any atom is -0.366 e. The highest BCUT2D eigenvalue weighted by molar-refractivity contribution is 7.91. The van der Waals surface area contributed by atoms with Crippen LogP contribution in [-0.2, 0) is 10.0 Å². The van der Waals surface area contributed by atoms with Crippen molar-refractivity contribution in [1.82, 2.24) is 0 Å². The summed E-state index contributed by atoms with van der Waals surface area (Å²) in [5.41, 5.74) is 6.06. The van der Waals surface area contributed by atoms with E-state index < -0.39 is 21.8 Å². The monoisotopic (exact) mass is 325 g/mol. The van der Waals surface area contributed by atoms with Crippen molar-refractivity contribution in [3.8, 4) is 0 Å². The Hall–Kier alpha value is -2.23. The van der Waals surface area contributed by atoms with Crippen LogP contribution < -0.4 is 16.2 Å². The maximum Gasteiger partial charge on any atom is 0.256 e. The summed E-state index contributed by atoms with van der Waals surface area (Å²) in [6, 6.07) is 7.19. The lowest BCUT2D eigenvalue weighted by Gasteiger charge is -2.04. The lowest BCUT2D eigenvalue weighted by Crippen LogP contribution is -2.13. The number of sulfonamides is 1. The Bertz CT molecular complexity index is 794. The van der Waals surface area contributed by atoms with Gasteiger partial charge in [-0.05, 0) is 30.3 Å². The van der Waals surface area contributed by atoms with Crippen molar-refractivity contribution in [3.63, 3.8) is 0 Å².